The first-order chi connectivity index (χ1) is 5.11. The highest BCUT2D eigenvalue weighted by Gasteiger charge is 2.06. The van der Waals surface area contributed by atoms with Crippen LogP contribution >= 0.6 is 11.6 Å². The second kappa shape index (κ2) is 2.75. The third-order valence-corrected chi connectivity index (χ3v) is 1.42. The van der Waals surface area contributed by atoms with E-state index in [1.807, 2.05) is 0 Å². The van der Waals surface area contributed by atoms with Gasteiger partial charge in [-0.1, -0.05) is 11.6 Å². The summed E-state index contributed by atoms with van der Waals surface area (Å²) < 4.78 is 0. The van der Waals surface area contributed by atoms with Crippen LogP contribution in [0.5, 0.6) is 0 Å². The number of amides is 1. The number of nitrogens with two attached hydrogens (primary N) is 2. The van der Waals surface area contributed by atoms with E-state index in [9.17, 15) is 4.79 Å². The summed E-state index contributed by atoms with van der Waals surface area (Å²) >= 11 is 5.53. The molecule has 0 saturated carbocycles. The molecule has 0 saturated heterocycles. The number of pyridine rings is 1. The normalized spacial score (nSPS) is 9.55. The summed E-state index contributed by atoms with van der Waals surface area (Å²) in [5.74, 6) is -0.345. The first-order valence-corrected chi connectivity index (χ1v) is 3.21. The van der Waals surface area contributed by atoms with E-state index in [1.165, 1.54) is 12.1 Å². The zero-order valence-electron chi connectivity index (χ0n) is 5.54. The molecule has 0 aliphatic heterocycles. The van der Waals surface area contributed by atoms with Gasteiger partial charge in [0.05, 0.1) is 5.56 Å². The zero-order valence-corrected chi connectivity index (χ0v) is 6.30. The Balaban J connectivity index is 3.20. The lowest BCUT2D eigenvalue weighted by atomic mass is 10.3. The summed E-state index contributed by atoms with van der Waals surface area (Å²) in [5, 5.41) is 0.0394. The molecule has 1 aromatic heterocycles. The van der Waals surface area contributed by atoms with Gasteiger partial charge in [0, 0.05) is 0 Å². The van der Waals surface area contributed by atoms with Crippen LogP contribution in [-0.2, 0) is 0 Å². The molecule has 4 N–H and O–H groups in total. The molecule has 1 aromatic rings. The minimum absolute atomic E-state index is 0.0394. The van der Waals surface area contributed by atoms with Gasteiger partial charge in [-0.05, 0) is 12.1 Å². The van der Waals surface area contributed by atoms with Crippen molar-refractivity contribution in [2.75, 3.05) is 5.73 Å². The Morgan fingerprint density at radius 1 is 1.55 bits per heavy atom. The molecule has 0 aromatic carbocycles. The summed E-state index contributed by atoms with van der Waals surface area (Å²) in [4.78, 5) is 14.2. The minimum Gasteiger partial charge on any atom is -0.384 e. The number of aromatic nitrogens is 1. The van der Waals surface area contributed by atoms with Crippen LogP contribution in [0.4, 0.5) is 5.82 Å². The molecular formula is C6H6ClN3O. The maximum Gasteiger partial charge on any atom is 0.251 e. The van der Waals surface area contributed by atoms with Crippen LogP contribution in [0, 0.1) is 0 Å². The van der Waals surface area contributed by atoms with E-state index in [0.717, 1.165) is 0 Å². The molecule has 58 valence electrons. The molecule has 0 fully saturated rings. The van der Waals surface area contributed by atoms with Crippen molar-refractivity contribution >= 4 is 23.3 Å². The number of carbonyl (C=O) groups is 1. The first-order valence-electron chi connectivity index (χ1n) is 2.83. The van der Waals surface area contributed by atoms with Crippen LogP contribution in [0.1, 0.15) is 10.4 Å². The number of nitrogens with zero attached hydrogens (tertiary/aromatic N) is 1. The largest absolute Gasteiger partial charge is 0.384 e. The van der Waals surface area contributed by atoms with Crippen molar-refractivity contribution in [3.05, 3.63) is 22.8 Å². The van der Waals surface area contributed by atoms with Crippen LogP contribution in [0.15, 0.2) is 12.1 Å². The van der Waals surface area contributed by atoms with Gasteiger partial charge in [0.1, 0.15) is 11.0 Å². The Morgan fingerprint density at radius 2 is 2.18 bits per heavy atom. The highest BCUT2D eigenvalue weighted by Crippen LogP contribution is 2.13. The molecule has 11 heavy (non-hydrogen) atoms. The number of nitrogen functional groups attached to an aromatic ring is 1. The second-order valence-corrected chi connectivity index (χ2v) is 2.30. The van der Waals surface area contributed by atoms with Crippen molar-refractivity contribution in [1.82, 2.24) is 4.98 Å². The van der Waals surface area contributed by atoms with E-state index in [2.05, 4.69) is 4.98 Å². The molecule has 0 radical (unpaired) electrons. The number of hydrogen-bond acceptors (Lipinski definition) is 3. The van der Waals surface area contributed by atoms with E-state index in [-0.39, 0.29) is 16.5 Å². The Labute approximate surface area is 68.2 Å². The standard InChI is InChI=1S/C6H6ClN3O/c7-5-3(6(9)11)1-2-4(8)10-5/h1-2H,(H2,8,10)(H2,9,11). The van der Waals surface area contributed by atoms with Crippen LogP contribution in [-0.4, -0.2) is 10.9 Å². The van der Waals surface area contributed by atoms with Crippen molar-refractivity contribution < 1.29 is 4.79 Å². The Bertz CT molecular complexity index is 300. The summed E-state index contributed by atoms with van der Waals surface area (Å²) in [7, 11) is 0. The number of carbonyl (C=O) groups excluding carboxylic acids is 1. The van der Waals surface area contributed by atoms with E-state index in [1.54, 1.807) is 0 Å². The molecule has 0 unspecified atom stereocenters. The molecule has 1 rings (SSSR count). The smallest absolute Gasteiger partial charge is 0.251 e. The molecule has 0 aliphatic rings. The van der Waals surface area contributed by atoms with Crippen molar-refractivity contribution in [3.8, 4) is 0 Å². The van der Waals surface area contributed by atoms with Gasteiger partial charge in [0.15, 0.2) is 0 Å². The van der Waals surface area contributed by atoms with Gasteiger partial charge in [-0.15, -0.1) is 0 Å². The van der Waals surface area contributed by atoms with Crippen molar-refractivity contribution in [2.24, 2.45) is 5.73 Å². The predicted molar refractivity (Wildman–Crippen MR) is 42.2 cm³/mol. The van der Waals surface area contributed by atoms with Crippen molar-refractivity contribution in [1.29, 1.82) is 0 Å². The predicted octanol–water partition coefficient (Wildman–Crippen LogP) is 0.416. The van der Waals surface area contributed by atoms with Gasteiger partial charge >= 0.3 is 0 Å². The summed E-state index contributed by atoms with van der Waals surface area (Å²) in [6.07, 6.45) is 0. The summed E-state index contributed by atoms with van der Waals surface area (Å²) in [6, 6.07) is 2.90. The highest BCUT2D eigenvalue weighted by molar-refractivity contribution is 6.32. The molecule has 5 heteroatoms. The van der Waals surface area contributed by atoms with Gasteiger partial charge in [0.2, 0.25) is 0 Å². The number of rotatable bonds is 1. The number of hydrogen-bond donors (Lipinski definition) is 2. The molecule has 0 spiro atoms. The Morgan fingerprint density at radius 3 is 2.64 bits per heavy atom. The van der Waals surface area contributed by atoms with Crippen molar-refractivity contribution in [2.45, 2.75) is 0 Å². The van der Waals surface area contributed by atoms with Crippen LogP contribution in [0.3, 0.4) is 0 Å². The van der Waals surface area contributed by atoms with E-state index < -0.39 is 5.91 Å². The average Bonchev–Trinajstić information content (AvgIpc) is 1.85. The number of primary amides is 1. The molecule has 0 aliphatic carbocycles. The summed E-state index contributed by atoms with van der Waals surface area (Å²) in [6.45, 7) is 0. The number of anilines is 1. The van der Waals surface area contributed by atoms with Gasteiger partial charge < -0.3 is 11.5 Å². The van der Waals surface area contributed by atoms with Gasteiger partial charge in [0.25, 0.3) is 5.91 Å². The molecular weight excluding hydrogens is 166 g/mol. The van der Waals surface area contributed by atoms with Crippen LogP contribution in [0.25, 0.3) is 0 Å². The monoisotopic (exact) mass is 171 g/mol. The highest BCUT2D eigenvalue weighted by atomic mass is 35.5. The maximum absolute atomic E-state index is 10.6. The fourth-order valence-corrected chi connectivity index (χ4v) is 0.886. The van der Waals surface area contributed by atoms with Crippen molar-refractivity contribution in [3.63, 3.8) is 0 Å². The second-order valence-electron chi connectivity index (χ2n) is 1.94. The van der Waals surface area contributed by atoms with Gasteiger partial charge in [-0.3, -0.25) is 4.79 Å². The minimum atomic E-state index is -0.609. The van der Waals surface area contributed by atoms with E-state index in [4.69, 9.17) is 23.1 Å². The molecule has 0 bridgehead atoms. The van der Waals surface area contributed by atoms with E-state index >= 15 is 0 Å². The topological polar surface area (TPSA) is 82.0 Å². The molecule has 0 atom stereocenters. The fraction of sp³-hybridized carbons (Fsp3) is 0. The third kappa shape index (κ3) is 1.59. The Hall–Kier alpha value is -1.29. The van der Waals surface area contributed by atoms with Crippen LogP contribution < -0.4 is 11.5 Å². The molecule has 4 nitrogen and oxygen atoms in total. The lowest BCUT2D eigenvalue weighted by molar-refractivity contribution is 0.1000. The lowest BCUT2D eigenvalue weighted by Gasteiger charge is -1.97. The fourth-order valence-electron chi connectivity index (χ4n) is 0.632. The van der Waals surface area contributed by atoms with E-state index in [0.29, 0.717) is 0 Å². The van der Waals surface area contributed by atoms with Crippen LogP contribution in [0.2, 0.25) is 5.15 Å². The van der Waals surface area contributed by atoms with Gasteiger partial charge in [-0.25, -0.2) is 4.98 Å². The molecule has 1 amide bonds. The SMILES string of the molecule is NC(=O)c1ccc(N)nc1Cl. The number of halogens is 1. The van der Waals surface area contributed by atoms with Gasteiger partial charge in [-0.2, -0.15) is 0 Å². The maximum atomic E-state index is 10.6. The Kier molecular flexibility index (Phi) is 1.96. The zero-order chi connectivity index (χ0) is 8.43. The molecule has 1 heterocycles. The average molecular weight is 172 g/mol. The quantitative estimate of drug-likeness (QED) is 0.601. The third-order valence-electron chi connectivity index (χ3n) is 1.14. The lowest BCUT2D eigenvalue weighted by Crippen LogP contribution is -2.12. The first kappa shape index (κ1) is 7.81. The summed E-state index contributed by atoms with van der Waals surface area (Å²) in [5.41, 5.74) is 10.4.